The molecule has 116 valence electrons. The number of amides is 1. The predicted octanol–water partition coefficient (Wildman–Crippen LogP) is 1.83. The summed E-state index contributed by atoms with van der Waals surface area (Å²) < 4.78 is 1.57. The lowest BCUT2D eigenvalue weighted by Crippen LogP contribution is -2.38. The number of rotatable bonds is 3. The van der Waals surface area contributed by atoms with Crippen molar-refractivity contribution >= 4 is 17.5 Å². The number of carbonyl (C=O) groups is 1. The maximum Gasteiger partial charge on any atom is 0.276 e. The molecule has 6 nitrogen and oxygen atoms in total. The van der Waals surface area contributed by atoms with Gasteiger partial charge in [0.2, 0.25) is 0 Å². The Hall–Kier alpha value is -1.92. The molecule has 0 spiro atoms. The van der Waals surface area contributed by atoms with E-state index in [-0.39, 0.29) is 18.6 Å². The van der Waals surface area contributed by atoms with Crippen LogP contribution in [0.25, 0.3) is 5.69 Å². The number of aliphatic hydroxyl groups is 1. The van der Waals surface area contributed by atoms with E-state index >= 15 is 0 Å². The van der Waals surface area contributed by atoms with Crippen LogP contribution in [0.2, 0.25) is 5.02 Å². The molecule has 1 aromatic carbocycles. The minimum absolute atomic E-state index is 0.0244. The molecule has 1 aliphatic heterocycles. The van der Waals surface area contributed by atoms with Crippen LogP contribution in [-0.4, -0.2) is 50.1 Å². The van der Waals surface area contributed by atoms with E-state index in [1.54, 1.807) is 22.6 Å². The number of hydrogen-bond acceptors (Lipinski definition) is 4. The minimum Gasteiger partial charge on any atom is -0.394 e. The van der Waals surface area contributed by atoms with Gasteiger partial charge in [-0.3, -0.25) is 4.79 Å². The fourth-order valence-corrected chi connectivity index (χ4v) is 3.02. The zero-order valence-corrected chi connectivity index (χ0v) is 13.0. The Bertz CT molecular complexity index is 701. The number of aliphatic hydroxyl groups excluding tert-OH is 1. The highest BCUT2D eigenvalue weighted by molar-refractivity contribution is 6.32. The quantitative estimate of drug-likeness (QED) is 0.936. The van der Waals surface area contributed by atoms with E-state index in [2.05, 4.69) is 10.3 Å². The third-order valence-corrected chi connectivity index (χ3v) is 4.35. The molecular formula is C15H17ClN4O2. The van der Waals surface area contributed by atoms with Gasteiger partial charge in [-0.1, -0.05) is 28.9 Å². The molecule has 1 aliphatic rings. The third kappa shape index (κ3) is 2.48. The van der Waals surface area contributed by atoms with Crippen LogP contribution in [0.15, 0.2) is 24.3 Å². The molecule has 2 aromatic rings. The van der Waals surface area contributed by atoms with Gasteiger partial charge in [0.1, 0.15) is 0 Å². The second kappa shape index (κ2) is 6.06. The van der Waals surface area contributed by atoms with Crippen LogP contribution in [0.5, 0.6) is 0 Å². The number of likely N-dealkylation sites (tertiary alicyclic amines) is 1. The summed E-state index contributed by atoms with van der Waals surface area (Å²) in [5.41, 5.74) is 1.63. The van der Waals surface area contributed by atoms with E-state index < -0.39 is 0 Å². The van der Waals surface area contributed by atoms with Gasteiger partial charge in [-0.05, 0) is 31.9 Å². The van der Waals surface area contributed by atoms with Crippen LogP contribution in [0, 0.1) is 6.92 Å². The number of halogens is 1. The molecule has 0 bridgehead atoms. The fraction of sp³-hybridized carbons (Fsp3) is 0.400. The van der Waals surface area contributed by atoms with Crippen molar-refractivity contribution in [3.8, 4) is 5.69 Å². The first kappa shape index (κ1) is 15.0. The first-order valence-corrected chi connectivity index (χ1v) is 7.60. The highest BCUT2D eigenvalue weighted by Crippen LogP contribution is 2.23. The summed E-state index contributed by atoms with van der Waals surface area (Å²) in [4.78, 5) is 14.3. The molecule has 0 unspecified atom stereocenters. The van der Waals surface area contributed by atoms with Gasteiger partial charge in [0.05, 0.1) is 29.1 Å². The summed E-state index contributed by atoms with van der Waals surface area (Å²) in [6.45, 7) is 2.41. The summed E-state index contributed by atoms with van der Waals surface area (Å²) in [5, 5.41) is 18.0. The Kier molecular flexibility index (Phi) is 4.13. The molecule has 1 amide bonds. The van der Waals surface area contributed by atoms with Crippen molar-refractivity contribution in [1.29, 1.82) is 0 Å². The number of nitrogens with zero attached hydrogens (tertiary/aromatic N) is 4. The van der Waals surface area contributed by atoms with Gasteiger partial charge in [-0.2, -0.15) is 0 Å². The Morgan fingerprint density at radius 2 is 2.23 bits per heavy atom. The normalized spacial score (nSPS) is 18.0. The molecule has 7 heteroatoms. The second-order valence-electron chi connectivity index (χ2n) is 5.36. The number of hydrogen-bond donors (Lipinski definition) is 1. The van der Waals surface area contributed by atoms with Gasteiger partial charge in [-0.15, -0.1) is 5.10 Å². The molecule has 3 rings (SSSR count). The van der Waals surface area contributed by atoms with Crippen LogP contribution < -0.4 is 0 Å². The van der Waals surface area contributed by atoms with Crippen LogP contribution in [0.1, 0.15) is 29.0 Å². The van der Waals surface area contributed by atoms with Gasteiger partial charge in [0, 0.05) is 6.54 Å². The van der Waals surface area contributed by atoms with Crippen molar-refractivity contribution in [2.24, 2.45) is 0 Å². The molecule has 22 heavy (non-hydrogen) atoms. The maximum absolute atomic E-state index is 12.6. The third-order valence-electron chi connectivity index (χ3n) is 4.03. The van der Waals surface area contributed by atoms with E-state index in [9.17, 15) is 9.90 Å². The zero-order valence-electron chi connectivity index (χ0n) is 12.2. The summed E-state index contributed by atoms with van der Waals surface area (Å²) in [6, 6.07) is 7.15. The van der Waals surface area contributed by atoms with Crippen LogP contribution >= 0.6 is 11.6 Å². The predicted molar refractivity (Wildman–Crippen MR) is 82.3 cm³/mol. The standard InChI is InChI=1S/C15H17ClN4O2/c1-10-14(15(22)19-8-4-5-11(19)9-21)17-18-20(10)13-7-3-2-6-12(13)16/h2-3,6-7,11,21H,4-5,8-9H2,1H3/t11-/m1/s1. The molecular weight excluding hydrogens is 304 g/mol. The van der Waals surface area contributed by atoms with E-state index in [1.807, 2.05) is 18.2 Å². The average Bonchev–Trinajstić information content (AvgIpc) is 3.14. The van der Waals surface area contributed by atoms with Gasteiger partial charge in [0.25, 0.3) is 5.91 Å². The smallest absolute Gasteiger partial charge is 0.276 e. The number of carbonyl (C=O) groups excluding carboxylic acids is 1. The van der Waals surface area contributed by atoms with Crippen molar-refractivity contribution in [3.63, 3.8) is 0 Å². The van der Waals surface area contributed by atoms with E-state index in [0.717, 1.165) is 12.8 Å². The molecule has 1 aromatic heterocycles. The molecule has 1 fully saturated rings. The summed E-state index contributed by atoms with van der Waals surface area (Å²) in [5.74, 6) is -0.188. The Balaban J connectivity index is 1.94. The average molecular weight is 321 g/mol. The number of para-hydroxylation sites is 1. The number of aromatic nitrogens is 3. The van der Waals surface area contributed by atoms with Crippen molar-refractivity contribution in [3.05, 3.63) is 40.7 Å². The van der Waals surface area contributed by atoms with Gasteiger partial charge < -0.3 is 10.0 Å². The number of benzene rings is 1. The molecule has 1 atom stereocenters. The Labute approximate surface area is 133 Å². The van der Waals surface area contributed by atoms with E-state index in [1.165, 1.54) is 0 Å². The lowest BCUT2D eigenvalue weighted by molar-refractivity contribution is 0.0671. The first-order chi connectivity index (χ1) is 10.6. The second-order valence-corrected chi connectivity index (χ2v) is 5.77. The monoisotopic (exact) mass is 320 g/mol. The van der Waals surface area contributed by atoms with E-state index in [0.29, 0.717) is 28.6 Å². The molecule has 0 radical (unpaired) electrons. The van der Waals surface area contributed by atoms with E-state index in [4.69, 9.17) is 11.6 Å². The van der Waals surface area contributed by atoms with Crippen LogP contribution in [0.3, 0.4) is 0 Å². The largest absolute Gasteiger partial charge is 0.394 e. The molecule has 0 saturated carbocycles. The zero-order chi connectivity index (χ0) is 15.7. The van der Waals surface area contributed by atoms with Crippen molar-refractivity contribution in [2.75, 3.05) is 13.2 Å². The molecule has 2 heterocycles. The van der Waals surface area contributed by atoms with Crippen molar-refractivity contribution < 1.29 is 9.90 Å². The summed E-state index contributed by atoms with van der Waals surface area (Å²) >= 11 is 6.18. The summed E-state index contributed by atoms with van der Waals surface area (Å²) in [6.07, 6.45) is 1.72. The topological polar surface area (TPSA) is 71.2 Å². The minimum atomic E-state index is -0.188. The van der Waals surface area contributed by atoms with Crippen molar-refractivity contribution in [1.82, 2.24) is 19.9 Å². The highest BCUT2D eigenvalue weighted by atomic mass is 35.5. The molecule has 1 saturated heterocycles. The van der Waals surface area contributed by atoms with Gasteiger partial charge in [0.15, 0.2) is 5.69 Å². The summed E-state index contributed by atoms with van der Waals surface area (Å²) in [7, 11) is 0. The maximum atomic E-state index is 12.6. The van der Waals surface area contributed by atoms with Crippen molar-refractivity contribution in [2.45, 2.75) is 25.8 Å². The molecule has 1 N–H and O–H groups in total. The molecule has 0 aliphatic carbocycles. The first-order valence-electron chi connectivity index (χ1n) is 7.22. The Morgan fingerprint density at radius 3 is 2.95 bits per heavy atom. The van der Waals surface area contributed by atoms with Crippen LogP contribution in [-0.2, 0) is 0 Å². The highest BCUT2D eigenvalue weighted by Gasteiger charge is 2.31. The SMILES string of the molecule is Cc1c(C(=O)N2CCC[C@@H]2CO)nnn1-c1ccccc1Cl. The van der Waals surface area contributed by atoms with Crippen LogP contribution in [0.4, 0.5) is 0 Å². The lowest BCUT2D eigenvalue weighted by Gasteiger charge is -2.22. The van der Waals surface area contributed by atoms with Gasteiger partial charge >= 0.3 is 0 Å². The lowest BCUT2D eigenvalue weighted by atomic mass is 10.2. The Morgan fingerprint density at radius 1 is 1.45 bits per heavy atom. The fourth-order valence-electron chi connectivity index (χ4n) is 2.81. The van der Waals surface area contributed by atoms with Gasteiger partial charge in [-0.25, -0.2) is 4.68 Å².